The van der Waals surface area contributed by atoms with E-state index in [1.165, 1.54) is 4.90 Å². The summed E-state index contributed by atoms with van der Waals surface area (Å²) in [7, 11) is 1.56. The fraction of sp³-hybridized carbons (Fsp3) is 0.474. The first-order valence-corrected chi connectivity index (χ1v) is 8.88. The number of amides is 1. The maximum atomic E-state index is 13.0. The summed E-state index contributed by atoms with van der Waals surface area (Å²) >= 11 is 0. The maximum absolute atomic E-state index is 13.0. The standard InChI is InChI=1S/C19H24N4O3/c1-13-8-7-9-15(12-13)23-14(2)16(20-21-23)17(24)22(3)19(18(25)26)10-5-4-6-11-19/h7-9,12H,4-6,10-11H2,1-3H3,(H,25,26). The molecule has 0 spiro atoms. The van der Waals surface area contributed by atoms with E-state index in [1.54, 1.807) is 18.7 Å². The Morgan fingerprint density at radius 1 is 1.19 bits per heavy atom. The van der Waals surface area contributed by atoms with Crippen LogP contribution in [0, 0.1) is 13.8 Å². The summed E-state index contributed by atoms with van der Waals surface area (Å²) < 4.78 is 1.61. The van der Waals surface area contributed by atoms with Crippen molar-refractivity contribution in [2.45, 2.75) is 51.5 Å². The molecule has 0 saturated heterocycles. The van der Waals surface area contributed by atoms with E-state index in [0.717, 1.165) is 30.5 Å². The van der Waals surface area contributed by atoms with Gasteiger partial charge in [-0.05, 0) is 44.4 Å². The lowest BCUT2D eigenvalue weighted by atomic mass is 9.80. The van der Waals surface area contributed by atoms with Gasteiger partial charge in [0.1, 0.15) is 5.54 Å². The van der Waals surface area contributed by atoms with Crippen LogP contribution in [0.1, 0.15) is 53.8 Å². The Hall–Kier alpha value is -2.70. The zero-order valence-corrected chi connectivity index (χ0v) is 15.4. The number of carbonyl (C=O) groups is 2. The van der Waals surface area contributed by atoms with Crippen molar-refractivity contribution < 1.29 is 14.7 Å². The lowest BCUT2D eigenvalue weighted by Crippen LogP contribution is -2.56. The second-order valence-electron chi connectivity index (χ2n) is 7.04. The molecule has 3 rings (SSSR count). The van der Waals surface area contributed by atoms with Gasteiger partial charge in [-0.1, -0.05) is 36.6 Å². The van der Waals surface area contributed by atoms with Gasteiger partial charge in [-0.25, -0.2) is 9.48 Å². The number of carboxylic acid groups (broad SMARTS) is 1. The highest BCUT2D eigenvalue weighted by Gasteiger charge is 2.46. The molecule has 0 atom stereocenters. The first-order valence-electron chi connectivity index (χ1n) is 8.88. The van der Waals surface area contributed by atoms with Crippen LogP contribution in [0.3, 0.4) is 0 Å². The van der Waals surface area contributed by atoms with Crippen LogP contribution in [0.25, 0.3) is 5.69 Å². The van der Waals surface area contributed by atoms with E-state index in [1.807, 2.05) is 31.2 Å². The van der Waals surface area contributed by atoms with Crippen LogP contribution in [0.15, 0.2) is 24.3 Å². The van der Waals surface area contributed by atoms with Gasteiger partial charge in [-0.3, -0.25) is 4.79 Å². The summed E-state index contributed by atoms with van der Waals surface area (Å²) in [4.78, 5) is 26.4. The second-order valence-corrected chi connectivity index (χ2v) is 7.04. The average Bonchev–Trinajstić information content (AvgIpc) is 3.02. The van der Waals surface area contributed by atoms with Crippen molar-refractivity contribution in [3.63, 3.8) is 0 Å². The zero-order valence-electron chi connectivity index (χ0n) is 15.4. The summed E-state index contributed by atoms with van der Waals surface area (Å²) in [5, 5.41) is 18.0. The number of likely N-dealkylation sites (N-methyl/N-ethyl adjacent to an activating group) is 1. The number of carboxylic acids is 1. The lowest BCUT2D eigenvalue weighted by molar-refractivity contribution is -0.151. The maximum Gasteiger partial charge on any atom is 0.329 e. The fourth-order valence-electron chi connectivity index (χ4n) is 3.71. The molecule has 1 aliphatic carbocycles. The van der Waals surface area contributed by atoms with Gasteiger partial charge in [0.25, 0.3) is 5.91 Å². The molecule has 0 radical (unpaired) electrons. The quantitative estimate of drug-likeness (QED) is 0.910. The molecule has 1 aromatic heterocycles. The van der Waals surface area contributed by atoms with Crippen LogP contribution in [-0.4, -0.2) is 49.5 Å². The predicted molar refractivity (Wildman–Crippen MR) is 96.4 cm³/mol. The molecule has 0 aliphatic heterocycles. The Balaban J connectivity index is 1.94. The van der Waals surface area contributed by atoms with Crippen molar-refractivity contribution in [2.75, 3.05) is 7.05 Å². The molecule has 0 unspecified atom stereocenters. The van der Waals surface area contributed by atoms with Gasteiger partial charge in [-0.2, -0.15) is 0 Å². The molecule has 1 fully saturated rings. The number of aryl methyl sites for hydroxylation is 1. The van der Waals surface area contributed by atoms with E-state index in [2.05, 4.69) is 10.3 Å². The van der Waals surface area contributed by atoms with E-state index < -0.39 is 17.4 Å². The Bertz CT molecular complexity index is 837. The molecule has 138 valence electrons. The van der Waals surface area contributed by atoms with Crippen molar-refractivity contribution in [1.29, 1.82) is 0 Å². The Morgan fingerprint density at radius 3 is 2.50 bits per heavy atom. The van der Waals surface area contributed by atoms with Gasteiger partial charge in [0, 0.05) is 7.05 Å². The number of aromatic nitrogens is 3. The highest BCUT2D eigenvalue weighted by atomic mass is 16.4. The summed E-state index contributed by atoms with van der Waals surface area (Å²) in [5.41, 5.74) is 1.54. The normalized spacial score (nSPS) is 16.3. The summed E-state index contributed by atoms with van der Waals surface area (Å²) in [6.07, 6.45) is 3.54. The molecular weight excluding hydrogens is 332 g/mol. The third-order valence-corrected chi connectivity index (χ3v) is 5.37. The summed E-state index contributed by atoms with van der Waals surface area (Å²) in [6.45, 7) is 3.76. The number of nitrogens with zero attached hydrogens (tertiary/aromatic N) is 4. The van der Waals surface area contributed by atoms with Crippen molar-refractivity contribution in [1.82, 2.24) is 19.9 Å². The topological polar surface area (TPSA) is 88.3 Å². The van der Waals surface area contributed by atoms with Crippen LogP contribution < -0.4 is 0 Å². The van der Waals surface area contributed by atoms with Crippen LogP contribution in [0.4, 0.5) is 0 Å². The molecule has 1 aliphatic rings. The van der Waals surface area contributed by atoms with Crippen LogP contribution in [0.2, 0.25) is 0 Å². The largest absolute Gasteiger partial charge is 0.479 e. The predicted octanol–water partition coefficient (Wildman–Crippen LogP) is 2.74. The van der Waals surface area contributed by atoms with E-state index in [0.29, 0.717) is 18.5 Å². The molecule has 1 saturated carbocycles. The summed E-state index contributed by atoms with van der Waals surface area (Å²) in [5.74, 6) is -1.34. The molecule has 1 amide bonds. The molecule has 7 heteroatoms. The number of hydrogen-bond donors (Lipinski definition) is 1. The highest BCUT2D eigenvalue weighted by Crippen LogP contribution is 2.34. The zero-order chi connectivity index (χ0) is 18.9. The molecule has 0 bridgehead atoms. The van der Waals surface area contributed by atoms with Gasteiger partial charge in [0.2, 0.25) is 0 Å². The average molecular weight is 356 g/mol. The molecule has 1 aromatic carbocycles. The molecular formula is C19H24N4O3. The second kappa shape index (κ2) is 6.90. The Kier molecular flexibility index (Phi) is 4.80. The molecule has 26 heavy (non-hydrogen) atoms. The van der Waals surface area contributed by atoms with Crippen molar-refractivity contribution in [3.8, 4) is 5.69 Å². The molecule has 1 N–H and O–H groups in total. The third-order valence-electron chi connectivity index (χ3n) is 5.37. The minimum Gasteiger partial charge on any atom is -0.479 e. The van der Waals surface area contributed by atoms with Crippen LogP contribution in [-0.2, 0) is 4.79 Å². The minimum absolute atomic E-state index is 0.195. The van der Waals surface area contributed by atoms with Crippen molar-refractivity contribution >= 4 is 11.9 Å². The van der Waals surface area contributed by atoms with Crippen molar-refractivity contribution in [2.24, 2.45) is 0 Å². The molecule has 7 nitrogen and oxygen atoms in total. The van der Waals surface area contributed by atoms with Gasteiger partial charge >= 0.3 is 5.97 Å². The number of carbonyl (C=O) groups excluding carboxylic acids is 1. The van der Waals surface area contributed by atoms with E-state index in [9.17, 15) is 14.7 Å². The SMILES string of the molecule is Cc1cccc(-n2nnc(C(=O)N(C)C3(C(=O)O)CCCCC3)c2C)c1. The monoisotopic (exact) mass is 356 g/mol. The van der Waals surface area contributed by atoms with Gasteiger partial charge in [-0.15, -0.1) is 5.10 Å². The number of aliphatic carboxylic acids is 1. The van der Waals surface area contributed by atoms with Crippen LogP contribution in [0.5, 0.6) is 0 Å². The minimum atomic E-state index is -1.16. The fourth-order valence-corrected chi connectivity index (χ4v) is 3.71. The van der Waals surface area contributed by atoms with Gasteiger partial charge in [0.15, 0.2) is 5.69 Å². The Labute approximate surface area is 152 Å². The first kappa shape index (κ1) is 18.1. The number of hydrogen-bond acceptors (Lipinski definition) is 4. The van der Waals surface area contributed by atoms with Crippen LogP contribution >= 0.6 is 0 Å². The van der Waals surface area contributed by atoms with Crippen molar-refractivity contribution in [3.05, 3.63) is 41.2 Å². The van der Waals surface area contributed by atoms with E-state index in [4.69, 9.17) is 0 Å². The lowest BCUT2D eigenvalue weighted by Gasteiger charge is -2.40. The highest BCUT2D eigenvalue weighted by molar-refractivity contribution is 5.97. The van der Waals surface area contributed by atoms with E-state index >= 15 is 0 Å². The number of rotatable bonds is 4. The van der Waals surface area contributed by atoms with E-state index in [-0.39, 0.29) is 5.69 Å². The van der Waals surface area contributed by atoms with Gasteiger partial charge in [0.05, 0.1) is 11.4 Å². The summed E-state index contributed by atoms with van der Waals surface area (Å²) in [6, 6.07) is 7.75. The van der Waals surface area contributed by atoms with Gasteiger partial charge < -0.3 is 10.0 Å². The molecule has 1 heterocycles. The first-order chi connectivity index (χ1) is 12.4. The third kappa shape index (κ3) is 2.98. The number of benzene rings is 1. The smallest absolute Gasteiger partial charge is 0.329 e. The molecule has 2 aromatic rings. The Morgan fingerprint density at radius 2 is 1.88 bits per heavy atom.